The molecule has 0 saturated carbocycles. The number of benzene rings is 2. The highest BCUT2D eigenvalue weighted by molar-refractivity contribution is 5.93. The molecule has 0 aliphatic heterocycles. The Bertz CT molecular complexity index is 821. The van der Waals surface area contributed by atoms with Crippen molar-refractivity contribution < 1.29 is 22.7 Å². The van der Waals surface area contributed by atoms with Crippen LogP contribution >= 0.6 is 0 Å². The molecule has 0 unspecified atom stereocenters. The minimum atomic E-state index is -4.81. The van der Waals surface area contributed by atoms with Crippen LogP contribution in [0.25, 0.3) is 0 Å². The third kappa shape index (κ3) is 7.18. The third-order valence-electron chi connectivity index (χ3n) is 3.52. The van der Waals surface area contributed by atoms with Crippen LogP contribution < -0.4 is 21.1 Å². The molecule has 1 amide bonds. The number of carbonyl (C=O) groups excluding carboxylic acids is 1. The van der Waals surface area contributed by atoms with Crippen LogP contribution in [0.3, 0.4) is 0 Å². The van der Waals surface area contributed by atoms with Crippen LogP contribution in [0.2, 0.25) is 0 Å². The standard InChI is InChI=1S/C19H21F3N4O2/c1-2-5-17(27)25-14-10-8-13(9-11-14)12-24-18(23)26-15-6-3-4-7-16(15)28-19(20,21)22/h3-4,6-11H,2,5,12H2,1H3,(H,25,27)(H3,23,24,26). The first-order valence-electron chi connectivity index (χ1n) is 8.57. The van der Waals surface area contributed by atoms with Gasteiger partial charge in [0.1, 0.15) is 0 Å². The summed E-state index contributed by atoms with van der Waals surface area (Å²) in [4.78, 5) is 15.7. The van der Waals surface area contributed by atoms with Crippen molar-refractivity contribution in [2.45, 2.75) is 32.7 Å². The number of hydrogen-bond acceptors (Lipinski definition) is 3. The maximum absolute atomic E-state index is 12.4. The monoisotopic (exact) mass is 394 g/mol. The second-order valence-corrected chi connectivity index (χ2v) is 5.87. The van der Waals surface area contributed by atoms with Crippen LogP contribution in [0, 0.1) is 0 Å². The molecule has 0 heterocycles. The summed E-state index contributed by atoms with van der Waals surface area (Å²) in [7, 11) is 0. The molecule has 0 radical (unpaired) electrons. The van der Waals surface area contributed by atoms with Crippen molar-refractivity contribution >= 4 is 23.2 Å². The Morgan fingerprint density at radius 1 is 1.11 bits per heavy atom. The van der Waals surface area contributed by atoms with E-state index in [-0.39, 0.29) is 24.1 Å². The van der Waals surface area contributed by atoms with Gasteiger partial charge in [0, 0.05) is 12.1 Å². The van der Waals surface area contributed by atoms with E-state index in [0.29, 0.717) is 12.1 Å². The molecule has 6 nitrogen and oxygen atoms in total. The van der Waals surface area contributed by atoms with Crippen molar-refractivity contribution in [1.29, 1.82) is 0 Å². The topological polar surface area (TPSA) is 88.7 Å². The number of alkyl halides is 3. The molecular weight excluding hydrogens is 373 g/mol. The van der Waals surface area contributed by atoms with Crippen LogP contribution in [0.1, 0.15) is 25.3 Å². The lowest BCUT2D eigenvalue weighted by Crippen LogP contribution is -2.24. The molecule has 9 heteroatoms. The molecule has 2 aromatic carbocycles. The lowest BCUT2D eigenvalue weighted by atomic mass is 10.2. The highest BCUT2D eigenvalue weighted by Crippen LogP contribution is 2.29. The molecular formula is C19H21F3N4O2. The highest BCUT2D eigenvalue weighted by Gasteiger charge is 2.32. The summed E-state index contributed by atoms with van der Waals surface area (Å²) in [5.41, 5.74) is 7.31. The predicted octanol–water partition coefficient (Wildman–Crippen LogP) is 4.25. The van der Waals surface area contributed by atoms with E-state index in [0.717, 1.165) is 12.0 Å². The quantitative estimate of drug-likeness (QED) is 0.484. The molecule has 2 rings (SSSR count). The first-order valence-corrected chi connectivity index (χ1v) is 8.57. The van der Waals surface area contributed by atoms with E-state index in [4.69, 9.17) is 5.73 Å². The van der Waals surface area contributed by atoms with E-state index in [1.165, 1.54) is 18.2 Å². The van der Waals surface area contributed by atoms with Gasteiger partial charge in [0.25, 0.3) is 0 Å². The van der Waals surface area contributed by atoms with Gasteiger partial charge in [0.15, 0.2) is 11.7 Å². The highest BCUT2D eigenvalue weighted by atomic mass is 19.4. The summed E-state index contributed by atoms with van der Waals surface area (Å²) in [5.74, 6) is -0.514. The second kappa shape index (κ2) is 9.63. The number of anilines is 2. The SMILES string of the molecule is CCCC(=O)Nc1ccc(CN=C(N)Nc2ccccc2OC(F)(F)F)cc1. The zero-order valence-electron chi connectivity index (χ0n) is 15.2. The molecule has 0 saturated heterocycles. The molecule has 150 valence electrons. The Hall–Kier alpha value is -3.23. The van der Waals surface area contributed by atoms with E-state index >= 15 is 0 Å². The number of hydrogen-bond donors (Lipinski definition) is 3. The van der Waals surface area contributed by atoms with E-state index in [1.54, 1.807) is 30.3 Å². The average Bonchev–Trinajstić information content (AvgIpc) is 2.62. The van der Waals surface area contributed by atoms with Crippen molar-refractivity contribution in [3.63, 3.8) is 0 Å². The van der Waals surface area contributed by atoms with Gasteiger partial charge < -0.3 is 21.1 Å². The van der Waals surface area contributed by atoms with Gasteiger partial charge in [0.2, 0.25) is 5.91 Å². The predicted molar refractivity (Wildman–Crippen MR) is 102 cm³/mol. The number of aliphatic imine (C=N–C) groups is 1. The molecule has 0 aliphatic carbocycles. The zero-order chi connectivity index (χ0) is 20.6. The molecule has 0 bridgehead atoms. The summed E-state index contributed by atoms with van der Waals surface area (Å²) in [6.07, 6.45) is -3.59. The summed E-state index contributed by atoms with van der Waals surface area (Å²) >= 11 is 0. The van der Waals surface area contributed by atoms with Crippen LogP contribution in [0.15, 0.2) is 53.5 Å². The van der Waals surface area contributed by atoms with Crippen molar-refractivity contribution in [3.05, 3.63) is 54.1 Å². The van der Waals surface area contributed by atoms with Crippen LogP contribution in [0.4, 0.5) is 24.5 Å². The number of carbonyl (C=O) groups is 1. The third-order valence-corrected chi connectivity index (χ3v) is 3.52. The van der Waals surface area contributed by atoms with E-state index < -0.39 is 12.1 Å². The van der Waals surface area contributed by atoms with Crippen LogP contribution in [-0.2, 0) is 11.3 Å². The largest absolute Gasteiger partial charge is 0.573 e. The maximum Gasteiger partial charge on any atom is 0.573 e. The van der Waals surface area contributed by atoms with E-state index in [9.17, 15) is 18.0 Å². The number of nitrogens with two attached hydrogens (primary N) is 1. The Balaban J connectivity index is 1.97. The van der Waals surface area contributed by atoms with Crippen molar-refractivity contribution in [2.24, 2.45) is 10.7 Å². The van der Waals surface area contributed by atoms with Crippen LogP contribution in [-0.4, -0.2) is 18.2 Å². The van der Waals surface area contributed by atoms with Gasteiger partial charge in [0.05, 0.1) is 12.2 Å². The number of nitrogens with one attached hydrogen (secondary N) is 2. The number of guanidine groups is 1. The molecule has 0 aromatic heterocycles. The minimum absolute atomic E-state index is 0.0510. The fourth-order valence-corrected chi connectivity index (χ4v) is 2.28. The van der Waals surface area contributed by atoms with Gasteiger partial charge in [-0.15, -0.1) is 13.2 Å². The molecule has 2 aromatic rings. The summed E-state index contributed by atoms with van der Waals surface area (Å²) in [6.45, 7) is 2.14. The van der Waals surface area contributed by atoms with Gasteiger partial charge in [-0.05, 0) is 36.2 Å². The maximum atomic E-state index is 12.4. The molecule has 0 atom stereocenters. The van der Waals surface area contributed by atoms with Gasteiger partial charge in [-0.2, -0.15) is 0 Å². The number of ether oxygens (including phenoxy) is 1. The summed E-state index contributed by atoms with van der Waals surface area (Å²) in [5, 5.41) is 5.38. The summed E-state index contributed by atoms with van der Waals surface area (Å²) < 4.78 is 41.3. The molecule has 0 aliphatic rings. The Morgan fingerprint density at radius 2 is 1.79 bits per heavy atom. The summed E-state index contributed by atoms with van der Waals surface area (Å²) in [6, 6.07) is 12.6. The molecule has 0 spiro atoms. The second-order valence-electron chi connectivity index (χ2n) is 5.87. The smallest absolute Gasteiger partial charge is 0.404 e. The Morgan fingerprint density at radius 3 is 2.43 bits per heavy atom. The van der Waals surface area contributed by atoms with Gasteiger partial charge in [-0.25, -0.2) is 4.99 Å². The number of halogens is 3. The van der Waals surface area contributed by atoms with E-state index in [1.807, 2.05) is 6.92 Å². The first-order chi connectivity index (χ1) is 13.3. The number of para-hydroxylation sites is 2. The lowest BCUT2D eigenvalue weighted by Gasteiger charge is -2.14. The van der Waals surface area contributed by atoms with Gasteiger partial charge in [-0.3, -0.25) is 4.79 Å². The average molecular weight is 394 g/mol. The molecule has 0 fully saturated rings. The number of rotatable bonds is 7. The zero-order valence-corrected chi connectivity index (χ0v) is 15.2. The fraction of sp³-hybridized carbons (Fsp3) is 0.263. The minimum Gasteiger partial charge on any atom is -0.404 e. The van der Waals surface area contributed by atoms with E-state index in [2.05, 4.69) is 20.4 Å². The number of amides is 1. The first kappa shape index (κ1) is 21.1. The normalized spacial score (nSPS) is 11.8. The fourth-order valence-electron chi connectivity index (χ4n) is 2.28. The van der Waals surface area contributed by atoms with Gasteiger partial charge >= 0.3 is 6.36 Å². The van der Waals surface area contributed by atoms with Crippen LogP contribution in [0.5, 0.6) is 5.75 Å². The Kier molecular flexibility index (Phi) is 7.25. The lowest BCUT2D eigenvalue weighted by molar-refractivity contribution is -0.274. The molecule has 28 heavy (non-hydrogen) atoms. The van der Waals surface area contributed by atoms with Crippen molar-refractivity contribution in [2.75, 3.05) is 10.6 Å². The molecule has 4 N–H and O–H groups in total. The van der Waals surface area contributed by atoms with Crippen molar-refractivity contribution in [3.8, 4) is 5.75 Å². The van der Waals surface area contributed by atoms with Crippen molar-refractivity contribution in [1.82, 2.24) is 0 Å². The number of nitrogens with zero attached hydrogens (tertiary/aromatic N) is 1. The Labute approximate surface area is 160 Å². The van der Waals surface area contributed by atoms with Gasteiger partial charge in [-0.1, -0.05) is 31.2 Å².